The fraction of sp³-hybridized carbons (Fsp3) is 0.214. The number of nitrogens with zero attached hydrogens (tertiary/aromatic N) is 3. The molecule has 0 bridgehead atoms. The summed E-state index contributed by atoms with van der Waals surface area (Å²) in [5, 5.41) is 0. The summed E-state index contributed by atoms with van der Waals surface area (Å²) in [6.45, 7) is 0.0106. The summed E-state index contributed by atoms with van der Waals surface area (Å²) in [4.78, 5) is 56.4. The molecule has 0 radical (unpaired) electrons. The number of carbonyl (C=O) groups is 4. The third kappa shape index (κ3) is 4.18. The molecule has 2 aliphatic rings. The smallest absolute Gasteiger partial charge is 0.265 e. The van der Waals surface area contributed by atoms with Gasteiger partial charge in [-0.05, 0) is 42.0 Å². The predicted octanol–water partition coefficient (Wildman–Crippen LogP) is 2.99. The standard InChI is InChI=1S/C28H25N3O6/c1-29(2)28(35)24-16-30(21-10-6-7-11-23(21)37-24)27(34)20-14-17(12-13-22(20)36-3)15-31-25(32)18-8-4-5-9-19(18)26(31)33/h4-14,24H,15-16H2,1-3H3/t24-/m1/s1. The maximum Gasteiger partial charge on any atom is 0.265 e. The first-order chi connectivity index (χ1) is 17.8. The van der Waals surface area contributed by atoms with Crippen LogP contribution in [0.25, 0.3) is 0 Å². The average molecular weight is 500 g/mol. The molecule has 0 fully saturated rings. The molecule has 4 amide bonds. The van der Waals surface area contributed by atoms with Crippen LogP contribution in [0.5, 0.6) is 11.5 Å². The Morgan fingerprint density at radius 3 is 2.27 bits per heavy atom. The summed E-state index contributed by atoms with van der Waals surface area (Å²) in [6.07, 6.45) is -0.874. The Labute approximate surface area is 213 Å². The first-order valence-corrected chi connectivity index (χ1v) is 11.7. The van der Waals surface area contributed by atoms with Crippen molar-refractivity contribution in [1.82, 2.24) is 9.80 Å². The lowest BCUT2D eigenvalue weighted by molar-refractivity contribution is -0.135. The lowest BCUT2D eigenvalue weighted by atomic mass is 10.1. The predicted molar refractivity (Wildman–Crippen MR) is 135 cm³/mol. The minimum absolute atomic E-state index is 0.00193. The molecule has 0 unspecified atom stereocenters. The van der Waals surface area contributed by atoms with E-state index >= 15 is 0 Å². The molecule has 5 rings (SSSR count). The molecule has 0 saturated heterocycles. The van der Waals surface area contributed by atoms with E-state index in [-0.39, 0.29) is 36.4 Å². The van der Waals surface area contributed by atoms with Gasteiger partial charge in [-0.25, -0.2) is 0 Å². The number of amides is 4. The van der Waals surface area contributed by atoms with Crippen LogP contribution in [0, 0.1) is 0 Å². The third-order valence-electron chi connectivity index (χ3n) is 6.45. The highest BCUT2D eigenvalue weighted by molar-refractivity contribution is 6.21. The van der Waals surface area contributed by atoms with Crippen LogP contribution in [0.2, 0.25) is 0 Å². The number of para-hydroxylation sites is 2. The Morgan fingerprint density at radius 1 is 0.973 bits per heavy atom. The number of carbonyl (C=O) groups excluding carboxylic acids is 4. The van der Waals surface area contributed by atoms with E-state index < -0.39 is 12.0 Å². The fourth-order valence-corrected chi connectivity index (χ4v) is 4.57. The van der Waals surface area contributed by atoms with Crippen LogP contribution in [-0.2, 0) is 11.3 Å². The summed E-state index contributed by atoms with van der Waals surface area (Å²) in [6, 6.07) is 18.7. The maximum atomic E-state index is 13.9. The second kappa shape index (κ2) is 9.42. The van der Waals surface area contributed by atoms with E-state index in [1.807, 2.05) is 0 Å². The first kappa shape index (κ1) is 24.1. The molecule has 0 N–H and O–H groups in total. The second-order valence-electron chi connectivity index (χ2n) is 9.00. The van der Waals surface area contributed by atoms with Gasteiger partial charge < -0.3 is 19.3 Å². The van der Waals surface area contributed by atoms with Crippen molar-refractivity contribution < 1.29 is 28.7 Å². The van der Waals surface area contributed by atoms with Crippen LogP contribution in [0.15, 0.2) is 66.7 Å². The molecule has 0 saturated carbocycles. The normalized spacial score (nSPS) is 16.1. The van der Waals surface area contributed by atoms with Crippen LogP contribution in [0.4, 0.5) is 5.69 Å². The van der Waals surface area contributed by atoms with Gasteiger partial charge in [0.15, 0.2) is 6.10 Å². The Bertz CT molecular complexity index is 1400. The van der Waals surface area contributed by atoms with Crippen molar-refractivity contribution >= 4 is 29.3 Å². The molecule has 0 spiro atoms. The highest BCUT2D eigenvalue weighted by Crippen LogP contribution is 2.36. The number of benzene rings is 3. The number of imide groups is 1. The van der Waals surface area contributed by atoms with Crippen molar-refractivity contribution in [3.05, 3.63) is 89.0 Å². The SMILES string of the molecule is COc1ccc(CN2C(=O)c3ccccc3C2=O)cc1C(=O)N1C[C@H](C(=O)N(C)C)Oc2ccccc21. The third-order valence-corrected chi connectivity index (χ3v) is 6.45. The van der Waals surface area contributed by atoms with Gasteiger partial charge >= 0.3 is 0 Å². The van der Waals surface area contributed by atoms with Gasteiger partial charge in [0, 0.05) is 14.1 Å². The first-order valence-electron chi connectivity index (χ1n) is 11.7. The van der Waals surface area contributed by atoms with E-state index in [0.717, 1.165) is 4.90 Å². The molecule has 37 heavy (non-hydrogen) atoms. The molecule has 0 aliphatic carbocycles. The van der Waals surface area contributed by atoms with Crippen LogP contribution in [0.3, 0.4) is 0 Å². The molecule has 188 valence electrons. The summed E-state index contributed by atoms with van der Waals surface area (Å²) < 4.78 is 11.4. The monoisotopic (exact) mass is 499 g/mol. The molecule has 2 aliphatic heterocycles. The number of likely N-dealkylation sites (N-methyl/N-ethyl adjacent to an activating group) is 1. The van der Waals surface area contributed by atoms with Crippen molar-refractivity contribution in [2.75, 3.05) is 32.6 Å². The molecule has 0 aromatic heterocycles. The summed E-state index contributed by atoms with van der Waals surface area (Å²) in [5.41, 5.74) is 2.08. The van der Waals surface area contributed by atoms with Gasteiger partial charge in [-0.15, -0.1) is 0 Å². The number of anilines is 1. The van der Waals surface area contributed by atoms with E-state index in [9.17, 15) is 19.2 Å². The van der Waals surface area contributed by atoms with Crippen molar-refractivity contribution in [1.29, 1.82) is 0 Å². The van der Waals surface area contributed by atoms with Crippen molar-refractivity contribution in [2.45, 2.75) is 12.6 Å². The number of rotatable bonds is 5. The van der Waals surface area contributed by atoms with Crippen molar-refractivity contribution in [2.24, 2.45) is 0 Å². The van der Waals surface area contributed by atoms with Gasteiger partial charge in [0.25, 0.3) is 23.6 Å². The van der Waals surface area contributed by atoms with E-state index in [1.54, 1.807) is 80.8 Å². The zero-order chi connectivity index (χ0) is 26.3. The van der Waals surface area contributed by atoms with Gasteiger partial charge in [0.05, 0.1) is 42.6 Å². The van der Waals surface area contributed by atoms with E-state index in [2.05, 4.69) is 0 Å². The quantitative estimate of drug-likeness (QED) is 0.501. The number of fused-ring (bicyclic) bond motifs is 2. The van der Waals surface area contributed by atoms with Gasteiger partial charge in [-0.3, -0.25) is 24.1 Å². The van der Waals surface area contributed by atoms with E-state index in [1.165, 1.54) is 16.9 Å². The van der Waals surface area contributed by atoms with Crippen molar-refractivity contribution in [3.63, 3.8) is 0 Å². The summed E-state index contributed by atoms with van der Waals surface area (Å²) in [7, 11) is 4.72. The molecule has 9 nitrogen and oxygen atoms in total. The zero-order valence-electron chi connectivity index (χ0n) is 20.6. The van der Waals surface area contributed by atoms with Crippen LogP contribution >= 0.6 is 0 Å². The topological polar surface area (TPSA) is 96.5 Å². The van der Waals surface area contributed by atoms with E-state index in [4.69, 9.17) is 9.47 Å². The highest BCUT2D eigenvalue weighted by atomic mass is 16.5. The van der Waals surface area contributed by atoms with E-state index in [0.29, 0.717) is 33.9 Å². The highest BCUT2D eigenvalue weighted by Gasteiger charge is 2.37. The lowest BCUT2D eigenvalue weighted by Gasteiger charge is -2.35. The molecule has 2 heterocycles. The van der Waals surface area contributed by atoms with Crippen LogP contribution in [-0.4, -0.2) is 67.3 Å². The van der Waals surface area contributed by atoms with Gasteiger partial charge in [0.1, 0.15) is 11.5 Å². The number of ether oxygens (including phenoxy) is 2. The summed E-state index contributed by atoms with van der Waals surface area (Å²) >= 11 is 0. The van der Waals surface area contributed by atoms with Gasteiger partial charge in [0.2, 0.25) is 0 Å². The fourth-order valence-electron chi connectivity index (χ4n) is 4.57. The number of hydrogen-bond acceptors (Lipinski definition) is 6. The Balaban J connectivity index is 1.48. The molecular formula is C28H25N3O6. The Kier molecular flexibility index (Phi) is 6.12. The van der Waals surface area contributed by atoms with Gasteiger partial charge in [-0.2, -0.15) is 0 Å². The average Bonchev–Trinajstić information content (AvgIpc) is 3.16. The number of methoxy groups -OCH3 is 1. The molecule has 9 heteroatoms. The molecule has 3 aromatic rings. The maximum absolute atomic E-state index is 13.9. The second-order valence-corrected chi connectivity index (χ2v) is 9.00. The molecular weight excluding hydrogens is 474 g/mol. The van der Waals surface area contributed by atoms with Gasteiger partial charge in [-0.1, -0.05) is 30.3 Å². The van der Waals surface area contributed by atoms with Crippen LogP contribution in [0.1, 0.15) is 36.6 Å². The molecule has 1 atom stereocenters. The lowest BCUT2D eigenvalue weighted by Crippen LogP contribution is -2.50. The largest absolute Gasteiger partial charge is 0.496 e. The molecule has 3 aromatic carbocycles. The van der Waals surface area contributed by atoms with Crippen LogP contribution < -0.4 is 14.4 Å². The Morgan fingerprint density at radius 2 is 1.62 bits per heavy atom. The zero-order valence-corrected chi connectivity index (χ0v) is 20.6. The summed E-state index contributed by atoms with van der Waals surface area (Å²) in [5.74, 6) is -0.668. The van der Waals surface area contributed by atoms with Crippen molar-refractivity contribution in [3.8, 4) is 11.5 Å². The minimum Gasteiger partial charge on any atom is -0.496 e. The Hall–Kier alpha value is -4.66. The minimum atomic E-state index is -0.874. The number of hydrogen-bond donors (Lipinski definition) is 0.